The molecule has 0 N–H and O–H groups in total. The van der Waals surface area contributed by atoms with E-state index in [0.29, 0.717) is 0 Å². The molecule has 51 heavy (non-hydrogen) atoms. The maximum atomic E-state index is 6.76. The maximum absolute atomic E-state index is 6.76. The number of aryl methyl sites for hydroxylation is 1. The van der Waals surface area contributed by atoms with Gasteiger partial charge in [0.15, 0.2) is 11.2 Å². The van der Waals surface area contributed by atoms with Crippen LogP contribution in [0, 0.1) is 6.92 Å². The van der Waals surface area contributed by atoms with Crippen molar-refractivity contribution in [1.82, 2.24) is 0 Å². The molecule has 0 saturated heterocycles. The predicted molar refractivity (Wildman–Crippen MR) is 209 cm³/mol. The van der Waals surface area contributed by atoms with E-state index in [4.69, 9.17) is 13.3 Å². The minimum absolute atomic E-state index is 0.726. The third-order valence-corrected chi connectivity index (χ3v) is 9.76. The van der Waals surface area contributed by atoms with Gasteiger partial charge in [-0.05, 0) is 91.2 Å². The Labute approximate surface area is 294 Å². The van der Waals surface area contributed by atoms with Gasteiger partial charge in [0.2, 0.25) is 0 Å². The van der Waals surface area contributed by atoms with E-state index in [9.17, 15) is 0 Å². The largest absolute Gasteiger partial charge is 0.456 e. The van der Waals surface area contributed by atoms with E-state index in [1.54, 1.807) is 0 Å². The molecule has 0 spiro atoms. The monoisotopic (exact) mass is 657 g/mol. The van der Waals surface area contributed by atoms with Gasteiger partial charge in [-0.3, -0.25) is 0 Å². The van der Waals surface area contributed by atoms with E-state index in [1.165, 1.54) is 5.56 Å². The average molecular weight is 658 g/mol. The van der Waals surface area contributed by atoms with Crippen molar-refractivity contribution < 1.29 is 13.3 Å². The third-order valence-electron chi connectivity index (χ3n) is 9.76. The first-order valence-corrected chi connectivity index (χ1v) is 17.2. The number of para-hydroxylation sites is 2. The number of hydrogen-bond acceptors (Lipinski definition) is 4. The second-order valence-corrected chi connectivity index (χ2v) is 13.0. The van der Waals surface area contributed by atoms with E-state index >= 15 is 0 Å². The van der Waals surface area contributed by atoms with Gasteiger partial charge < -0.3 is 18.2 Å². The van der Waals surface area contributed by atoms with Gasteiger partial charge in [0.25, 0.3) is 0 Å². The van der Waals surface area contributed by atoms with E-state index in [2.05, 4.69) is 151 Å². The molecule has 0 radical (unpaired) electrons. The van der Waals surface area contributed by atoms with Crippen LogP contribution in [0.15, 0.2) is 183 Å². The SMILES string of the molecule is Cc1ccc(-c2cc3c(ccc4c5cc(-c6ccc(N(c7ccccc7)c7ccccc7)cc6)oc5c5oc(-c6ccccc6)cc5c34)o2)cc1. The molecule has 242 valence electrons. The van der Waals surface area contributed by atoms with Crippen LogP contribution in [0.2, 0.25) is 0 Å². The molecule has 0 aliphatic rings. The van der Waals surface area contributed by atoms with E-state index in [1.807, 2.05) is 30.3 Å². The highest BCUT2D eigenvalue weighted by atomic mass is 16.4. The summed E-state index contributed by atoms with van der Waals surface area (Å²) in [7, 11) is 0. The molecule has 10 aromatic rings. The Hall–Kier alpha value is -6.78. The van der Waals surface area contributed by atoms with Gasteiger partial charge in [-0.15, -0.1) is 0 Å². The zero-order chi connectivity index (χ0) is 33.9. The zero-order valence-electron chi connectivity index (χ0n) is 27.8. The van der Waals surface area contributed by atoms with Crippen LogP contribution >= 0.6 is 0 Å². The van der Waals surface area contributed by atoms with Crippen LogP contribution in [0.25, 0.3) is 77.7 Å². The Balaban J connectivity index is 1.16. The number of rotatable bonds is 6. The Morgan fingerprint density at radius 2 is 0.843 bits per heavy atom. The zero-order valence-corrected chi connectivity index (χ0v) is 27.8. The van der Waals surface area contributed by atoms with Crippen molar-refractivity contribution >= 4 is 60.7 Å². The Bertz CT molecular complexity index is 2790. The van der Waals surface area contributed by atoms with Gasteiger partial charge in [0.05, 0.1) is 0 Å². The molecule has 10 rings (SSSR count). The summed E-state index contributed by atoms with van der Waals surface area (Å²) in [5, 5.41) is 5.22. The Kier molecular flexibility index (Phi) is 6.68. The molecule has 0 unspecified atom stereocenters. The van der Waals surface area contributed by atoms with Crippen molar-refractivity contribution in [3.05, 3.63) is 175 Å². The number of anilines is 3. The minimum atomic E-state index is 0.726. The van der Waals surface area contributed by atoms with Crippen LogP contribution in [-0.2, 0) is 0 Å². The normalized spacial score (nSPS) is 11.6. The summed E-state index contributed by atoms with van der Waals surface area (Å²) in [5.41, 5.74) is 9.80. The Morgan fingerprint density at radius 3 is 1.47 bits per heavy atom. The lowest BCUT2D eigenvalue weighted by molar-refractivity contribution is 0.598. The summed E-state index contributed by atoms with van der Waals surface area (Å²) in [6.45, 7) is 2.10. The van der Waals surface area contributed by atoms with Crippen molar-refractivity contribution in [1.29, 1.82) is 0 Å². The maximum Gasteiger partial charge on any atom is 0.178 e. The molecule has 0 saturated carbocycles. The minimum Gasteiger partial charge on any atom is -0.456 e. The summed E-state index contributed by atoms with van der Waals surface area (Å²) in [6, 6.07) is 58.8. The first-order chi connectivity index (χ1) is 25.2. The molecule has 4 nitrogen and oxygen atoms in total. The van der Waals surface area contributed by atoms with Crippen molar-refractivity contribution in [3.63, 3.8) is 0 Å². The fourth-order valence-electron chi connectivity index (χ4n) is 7.25. The molecule has 0 atom stereocenters. The topological polar surface area (TPSA) is 42.7 Å². The number of benzene rings is 7. The summed E-state index contributed by atoms with van der Waals surface area (Å²) < 4.78 is 19.9. The molecule has 0 aliphatic carbocycles. The lowest BCUT2D eigenvalue weighted by Gasteiger charge is -2.25. The summed E-state index contributed by atoms with van der Waals surface area (Å²) in [5.74, 6) is 2.41. The highest BCUT2D eigenvalue weighted by Gasteiger charge is 2.22. The molecule has 0 amide bonds. The summed E-state index contributed by atoms with van der Waals surface area (Å²) in [4.78, 5) is 2.26. The standard InChI is InChI=1S/C47H31NO3/c1-30-17-19-32(20-18-30)42-28-39-41(49-42)26-25-37-38-27-43(50-46(38)47-40(45(37)39)29-44(51-47)31-11-5-2-6-12-31)33-21-23-36(24-22-33)48(34-13-7-3-8-14-34)35-15-9-4-10-16-35/h2-29H,1H3. The molecule has 7 aromatic carbocycles. The second kappa shape index (κ2) is 11.7. The fourth-order valence-corrected chi connectivity index (χ4v) is 7.25. The van der Waals surface area contributed by atoms with Crippen LogP contribution in [0.5, 0.6) is 0 Å². The molecular formula is C47H31NO3. The highest BCUT2D eigenvalue weighted by Crippen LogP contribution is 2.46. The van der Waals surface area contributed by atoms with Crippen LogP contribution in [0.1, 0.15) is 5.56 Å². The summed E-state index contributed by atoms with van der Waals surface area (Å²) in [6.07, 6.45) is 0. The van der Waals surface area contributed by atoms with Crippen LogP contribution in [0.3, 0.4) is 0 Å². The van der Waals surface area contributed by atoms with Crippen molar-refractivity contribution in [2.45, 2.75) is 6.92 Å². The first kappa shape index (κ1) is 29.2. The molecule has 4 heteroatoms. The van der Waals surface area contributed by atoms with Crippen molar-refractivity contribution in [2.24, 2.45) is 0 Å². The molecule has 3 aromatic heterocycles. The van der Waals surface area contributed by atoms with Crippen molar-refractivity contribution in [2.75, 3.05) is 4.90 Å². The molecule has 0 aliphatic heterocycles. The number of hydrogen-bond donors (Lipinski definition) is 0. The van der Waals surface area contributed by atoms with Crippen LogP contribution in [0.4, 0.5) is 17.1 Å². The third kappa shape index (κ3) is 4.92. The van der Waals surface area contributed by atoms with Gasteiger partial charge in [-0.2, -0.15) is 0 Å². The lowest BCUT2D eigenvalue weighted by atomic mass is 9.98. The molecule has 0 fully saturated rings. The highest BCUT2D eigenvalue weighted by molar-refractivity contribution is 6.30. The van der Waals surface area contributed by atoms with Gasteiger partial charge in [0.1, 0.15) is 22.9 Å². The number of fused-ring (bicyclic) bond motifs is 8. The molecule has 0 bridgehead atoms. The predicted octanol–water partition coefficient (Wildman–Crippen LogP) is 13.9. The lowest BCUT2D eigenvalue weighted by Crippen LogP contribution is -2.09. The van der Waals surface area contributed by atoms with E-state index < -0.39 is 0 Å². The van der Waals surface area contributed by atoms with Crippen LogP contribution in [-0.4, -0.2) is 0 Å². The number of furan rings is 3. The summed E-state index contributed by atoms with van der Waals surface area (Å²) >= 11 is 0. The molecule has 3 heterocycles. The van der Waals surface area contributed by atoms with Crippen molar-refractivity contribution in [3.8, 4) is 34.0 Å². The van der Waals surface area contributed by atoms with Gasteiger partial charge >= 0.3 is 0 Å². The average Bonchev–Trinajstić information content (AvgIpc) is 3.94. The van der Waals surface area contributed by atoms with Gasteiger partial charge in [-0.1, -0.05) is 96.6 Å². The van der Waals surface area contributed by atoms with Crippen LogP contribution < -0.4 is 4.90 Å². The van der Waals surface area contributed by atoms with E-state index in [0.717, 1.165) is 94.7 Å². The number of nitrogens with zero attached hydrogens (tertiary/aromatic N) is 1. The van der Waals surface area contributed by atoms with Gasteiger partial charge in [0, 0.05) is 55.3 Å². The smallest absolute Gasteiger partial charge is 0.178 e. The van der Waals surface area contributed by atoms with E-state index in [-0.39, 0.29) is 0 Å². The second-order valence-electron chi connectivity index (χ2n) is 13.0. The quantitative estimate of drug-likeness (QED) is 0.178. The van der Waals surface area contributed by atoms with Gasteiger partial charge in [-0.25, -0.2) is 0 Å². The Morgan fingerprint density at radius 1 is 0.373 bits per heavy atom. The first-order valence-electron chi connectivity index (χ1n) is 17.2. The molecular weight excluding hydrogens is 627 g/mol. The fraction of sp³-hybridized carbons (Fsp3) is 0.0213.